The van der Waals surface area contributed by atoms with Crippen molar-refractivity contribution in [2.45, 2.75) is 26.2 Å². The summed E-state index contributed by atoms with van der Waals surface area (Å²) in [6, 6.07) is 8.22. The van der Waals surface area contributed by atoms with Gasteiger partial charge < -0.3 is 10.2 Å². The Morgan fingerprint density at radius 2 is 2.10 bits per heavy atom. The highest BCUT2D eigenvalue weighted by atomic mass is 32.2. The van der Waals surface area contributed by atoms with Gasteiger partial charge in [0.2, 0.25) is 11.8 Å². The molecule has 1 fully saturated rings. The van der Waals surface area contributed by atoms with Gasteiger partial charge in [-0.15, -0.1) is 11.8 Å². The van der Waals surface area contributed by atoms with Crippen LogP contribution in [0.2, 0.25) is 0 Å². The van der Waals surface area contributed by atoms with Crippen molar-refractivity contribution < 1.29 is 9.59 Å². The molecule has 0 radical (unpaired) electrons. The van der Waals surface area contributed by atoms with Crippen LogP contribution in [0.4, 0.5) is 0 Å². The molecule has 1 aromatic rings. The van der Waals surface area contributed by atoms with Crippen molar-refractivity contribution >= 4 is 23.6 Å². The second-order valence-electron chi connectivity index (χ2n) is 6.04. The summed E-state index contributed by atoms with van der Waals surface area (Å²) in [7, 11) is 0. The van der Waals surface area contributed by atoms with Gasteiger partial charge in [0.15, 0.2) is 0 Å². The van der Waals surface area contributed by atoms with Gasteiger partial charge in [-0.3, -0.25) is 9.59 Å². The average Bonchev–Trinajstić information content (AvgIpc) is 2.82. The number of carbonyl (C=O) groups is 2. The quantitative estimate of drug-likeness (QED) is 0.904. The molecule has 114 valence electrons. The van der Waals surface area contributed by atoms with Crippen molar-refractivity contribution in [3.05, 3.63) is 35.4 Å². The lowest BCUT2D eigenvalue weighted by molar-refractivity contribution is -0.132. The highest BCUT2D eigenvalue weighted by Gasteiger charge is 2.25. The largest absolute Gasteiger partial charge is 0.354 e. The lowest BCUT2D eigenvalue weighted by Gasteiger charge is -2.28. The van der Waals surface area contributed by atoms with Crippen LogP contribution in [-0.2, 0) is 15.0 Å². The molecule has 1 N–H and O–H groups in total. The molecule has 0 bridgehead atoms. The average molecular weight is 306 g/mol. The fraction of sp³-hybridized carbons (Fsp3) is 0.500. The molecule has 0 atom stereocenters. The van der Waals surface area contributed by atoms with Crippen molar-refractivity contribution in [3.63, 3.8) is 0 Å². The first kappa shape index (κ1) is 15.9. The van der Waals surface area contributed by atoms with Crippen LogP contribution in [0.1, 0.15) is 25.0 Å². The summed E-state index contributed by atoms with van der Waals surface area (Å²) in [5, 5.41) is 2.95. The Morgan fingerprint density at radius 3 is 2.71 bits per heavy atom. The summed E-state index contributed by atoms with van der Waals surface area (Å²) < 4.78 is 0. The second-order valence-corrected chi connectivity index (χ2v) is 7.00. The van der Waals surface area contributed by atoms with E-state index in [0.717, 1.165) is 0 Å². The maximum atomic E-state index is 12.0. The molecule has 21 heavy (non-hydrogen) atoms. The third-order valence-corrected chi connectivity index (χ3v) is 4.71. The van der Waals surface area contributed by atoms with E-state index in [1.165, 1.54) is 11.1 Å². The molecule has 1 aliphatic heterocycles. The monoisotopic (exact) mass is 306 g/mol. The van der Waals surface area contributed by atoms with Crippen LogP contribution in [-0.4, -0.2) is 41.4 Å². The van der Waals surface area contributed by atoms with Gasteiger partial charge in [0.05, 0.1) is 11.6 Å². The zero-order chi connectivity index (χ0) is 15.5. The molecule has 1 heterocycles. The number of carbonyl (C=O) groups excluding carboxylic acids is 2. The molecule has 2 rings (SSSR count). The minimum Gasteiger partial charge on any atom is -0.354 e. The maximum absolute atomic E-state index is 12.0. The Kier molecular flexibility index (Phi) is 4.93. The molecule has 1 aromatic carbocycles. The third-order valence-electron chi connectivity index (χ3n) is 3.76. The van der Waals surface area contributed by atoms with E-state index in [1.54, 1.807) is 16.7 Å². The SMILES string of the molecule is Cc1ccccc1C(C)(C)CNC(=O)CN1CSCC1=O. The van der Waals surface area contributed by atoms with E-state index in [0.29, 0.717) is 18.2 Å². The predicted molar refractivity (Wildman–Crippen MR) is 86.3 cm³/mol. The lowest BCUT2D eigenvalue weighted by Crippen LogP contribution is -2.43. The van der Waals surface area contributed by atoms with Crippen molar-refractivity contribution in [2.24, 2.45) is 0 Å². The molecular weight excluding hydrogens is 284 g/mol. The molecule has 1 saturated heterocycles. The van der Waals surface area contributed by atoms with Gasteiger partial charge in [-0.1, -0.05) is 38.1 Å². The van der Waals surface area contributed by atoms with Gasteiger partial charge in [-0.25, -0.2) is 0 Å². The summed E-state index contributed by atoms with van der Waals surface area (Å²) in [5.41, 5.74) is 2.33. The van der Waals surface area contributed by atoms with Crippen LogP contribution in [0, 0.1) is 6.92 Å². The minimum absolute atomic E-state index is 0.0494. The van der Waals surface area contributed by atoms with Gasteiger partial charge in [-0.05, 0) is 18.1 Å². The summed E-state index contributed by atoms with van der Waals surface area (Å²) in [5.74, 6) is 1.07. The van der Waals surface area contributed by atoms with Crippen LogP contribution < -0.4 is 5.32 Å². The number of benzene rings is 1. The van der Waals surface area contributed by atoms with Gasteiger partial charge in [0, 0.05) is 12.0 Å². The predicted octanol–water partition coefficient (Wildman–Crippen LogP) is 1.92. The van der Waals surface area contributed by atoms with E-state index >= 15 is 0 Å². The van der Waals surface area contributed by atoms with Crippen molar-refractivity contribution in [1.82, 2.24) is 10.2 Å². The lowest BCUT2D eigenvalue weighted by atomic mass is 9.82. The van der Waals surface area contributed by atoms with E-state index in [2.05, 4.69) is 38.2 Å². The zero-order valence-corrected chi connectivity index (χ0v) is 13.6. The van der Waals surface area contributed by atoms with Crippen LogP contribution in [0.3, 0.4) is 0 Å². The number of hydrogen-bond acceptors (Lipinski definition) is 3. The molecule has 0 saturated carbocycles. The fourth-order valence-electron chi connectivity index (χ4n) is 2.52. The van der Waals surface area contributed by atoms with Crippen molar-refractivity contribution in [1.29, 1.82) is 0 Å². The Labute approximate surface area is 130 Å². The molecule has 1 aliphatic rings. The molecule has 0 unspecified atom stereocenters. The van der Waals surface area contributed by atoms with Gasteiger partial charge in [-0.2, -0.15) is 0 Å². The van der Waals surface area contributed by atoms with E-state index in [1.807, 2.05) is 12.1 Å². The van der Waals surface area contributed by atoms with Crippen LogP contribution in [0.5, 0.6) is 0 Å². The molecule has 0 aromatic heterocycles. The standard InChI is InChI=1S/C16H22N2O2S/c1-12-6-4-5-7-13(12)16(2,3)10-17-14(19)8-18-11-21-9-15(18)20/h4-7H,8-11H2,1-3H3,(H,17,19). The molecular formula is C16H22N2O2S. The van der Waals surface area contributed by atoms with Crippen LogP contribution >= 0.6 is 11.8 Å². The van der Waals surface area contributed by atoms with Gasteiger partial charge in [0.1, 0.15) is 6.54 Å². The summed E-state index contributed by atoms with van der Waals surface area (Å²) in [6.07, 6.45) is 0. The number of nitrogens with zero attached hydrogens (tertiary/aromatic N) is 1. The Balaban J connectivity index is 1.91. The fourth-order valence-corrected chi connectivity index (χ4v) is 3.42. The molecule has 2 amide bonds. The number of amides is 2. The van der Waals surface area contributed by atoms with Crippen molar-refractivity contribution in [3.8, 4) is 0 Å². The summed E-state index contributed by atoms with van der Waals surface area (Å²) >= 11 is 1.55. The maximum Gasteiger partial charge on any atom is 0.239 e. The molecule has 5 heteroatoms. The molecule has 0 spiro atoms. The number of rotatable bonds is 5. The van der Waals surface area contributed by atoms with Crippen molar-refractivity contribution in [2.75, 3.05) is 24.7 Å². The number of hydrogen-bond donors (Lipinski definition) is 1. The first-order valence-electron chi connectivity index (χ1n) is 7.08. The van der Waals surface area contributed by atoms with Gasteiger partial charge >= 0.3 is 0 Å². The topological polar surface area (TPSA) is 49.4 Å². The summed E-state index contributed by atoms with van der Waals surface area (Å²) in [4.78, 5) is 25.1. The van der Waals surface area contributed by atoms with E-state index in [-0.39, 0.29) is 23.8 Å². The zero-order valence-electron chi connectivity index (χ0n) is 12.8. The first-order chi connectivity index (χ1) is 9.90. The normalized spacial score (nSPS) is 15.4. The first-order valence-corrected chi connectivity index (χ1v) is 8.24. The Hall–Kier alpha value is -1.49. The summed E-state index contributed by atoms with van der Waals surface area (Å²) in [6.45, 7) is 7.04. The Morgan fingerprint density at radius 1 is 1.38 bits per heavy atom. The third kappa shape index (κ3) is 4.00. The number of thioether (sulfide) groups is 1. The highest BCUT2D eigenvalue weighted by molar-refractivity contribution is 8.00. The van der Waals surface area contributed by atoms with Crippen LogP contribution in [0.15, 0.2) is 24.3 Å². The molecule has 0 aliphatic carbocycles. The molecule has 4 nitrogen and oxygen atoms in total. The van der Waals surface area contributed by atoms with E-state index < -0.39 is 0 Å². The van der Waals surface area contributed by atoms with Crippen LogP contribution in [0.25, 0.3) is 0 Å². The minimum atomic E-state index is -0.134. The van der Waals surface area contributed by atoms with Gasteiger partial charge in [0.25, 0.3) is 0 Å². The Bertz CT molecular complexity index is 543. The van der Waals surface area contributed by atoms with E-state index in [4.69, 9.17) is 0 Å². The number of nitrogens with one attached hydrogen (secondary N) is 1. The second kappa shape index (κ2) is 6.52. The van der Waals surface area contributed by atoms with E-state index in [9.17, 15) is 9.59 Å². The smallest absolute Gasteiger partial charge is 0.239 e. The number of aryl methyl sites for hydroxylation is 1. The highest BCUT2D eigenvalue weighted by Crippen LogP contribution is 2.25.